The molecule has 0 unspecified atom stereocenters. The fourth-order valence-electron chi connectivity index (χ4n) is 3.47. The normalized spacial score (nSPS) is 14.0. The Labute approximate surface area is 148 Å². The second-order valence-electron chi connectivity index (χ2n) is 6.78. The van der Waals surface area contributed by atoms with Crippen molar-refractivity contribution in [1.82, 2.24) is 19.7 Å². The lowest BCUT2D eigenvalue weighted by molar-refractivity contribution is 0.776. The fraction of sp³-hybridized carbons (Fsp3) is 0.350. The fourth-order valence-corrected chi connectivity index (χ4v) is 3.47. The number of fused-ring (bicyclic) bond motifs is 1. The molecule has 5 nitrogen and oxygen atoms in total. The molecule has 25 heavy (non-hydrogen) atoms. The van der Waals surface area contributed by atoms with Crippen molar-refractivity contribution in [2.24, 2.45) is 0 Å². The Morgan fingerprint density at radius 3 is 2.80 bits per heavy atom. The van der Waals surface area contributed by atoms with Gasteiger partial charge in [0.2, 0.25) is 0 Å². The van der Waals surface area contributed by atoms with E-state index in [-0.39, 0.29) is 0 Å². The molecule has 0 radical (unpaired) electrons. The van der Waals surface area contributed by atoms with Gasteiger partial charge in [0.1, 0.15) is 17.2 Å². The second-order valence-corrected chi connectivity index (χ2v) is 6.78. The lowest BCUT2D eigenvalue weighted by Gasteiger charge is -2.15. The molecule has 0 amide bonds. The van der Waals surface area contributed by atoms with E-state index in [4.69, 9.17) is 5.10 Å². The number of hydrogen-bond donors (Lipinski definition) is 1. The summed E-state index contributed by atoms with van der Waals surface area (Å²) in [6.07, 6.45) is 8.56. The Bertz CT molecular complexity index is 867. The lowest BCUT2D eigenvalue weighted by atomic mass is 10.0. The van der Waals surface area contributed by atoms with Gasteiger partial charge in [-0.25, -0.2) is 4.68 Å². The van der Waals surface area contributed by atoms with Crippen LogP contribution in [-0.4, -0.2) is 26.3 Å². The molecule has 0 fully saturated rings. The zero-order valence-electron chi connectivity index (χ0n) is 14.7. The zero-order chi connectivity index (χ0) is 17.2. The van der Waals surface area contributed by atoms with E-state index in [0.29, 0.717) is 5.92 Å². The highest BCUT2D eigenvalue weighted by molar-refractivity contribution is 5.69. The van der Waals surface area contributed by atoms with Crippen molar-refractivity contribution in [2.75, 3.05) is 11.9 Å². The van der Waals surface area contributed by atoms with Crippen LogP contribution in [0.3, 0.4) is 0 Å². The number of para-hydroxylation sites is 1. The maximum atomic E-state index is 4.97. The van der Waals surface area contributed by atoms with Gasteiger partial charge >= 0.3 is 0 Å². The molecule has 0 aliphatic carbocycles. The maximum absolute atomic E-state index is 4.97. The van der Waals surface area contributed by atoms with Crippen molar-refractivity contribution in [1.29, 1.82) is 0 Å². The predicted octanol–water partition coefficient (Wildman–Crippen LogP) is 4.20. The Morgan fingerprint density at radius 1 is 1.12 bits per heavy atom. The minimum Gasteiger partial charge on any atom is -0.370 e. The van der Waals surface area contributed by atoms with Crippen LogP contribution in [0.4, 0.5) is 5.82 Å². The van der Waals surface area contributed by atoms with Gasteiger partial charge in [-0.1, -0.05) is 32.0 Å². The van der Waals surface area contributed by atoms with Crippen LogP contribution in [0.5, 0.6) is 0 Å². The second kappa shape index (κ2) is 6.67. The number of anilines is 1. The van der Waals surface area contributed by atoms with Gasteiger partial charge < -0.3 is 5.32 Å². The molecule has 0 atom stereocenters. The molecule has 1 N–H and O–H groups in total. The summed E-state index contributed by atoms with van der Waals surface area (Å²) < 4.78 is 2.07. The molecule has 128 valence electrons. The van der Waals surface area contributed by atoms with Gasteiger partial charge in [-0.15, -0.1) is 0 Å². The van der Waals surface area contributed by atoms with E-state index in [1.54, 1.807) is 18.6 Å². The Kier molecular flexibility index (Phi) is 4.22. The molecule has 1 aromatic carbocycles. The number of nitrogens with zero attached hydrogens (tertiary/aromatic N) is 4. The van der Waals surface area contributed by atoms with Crippen molar-refractivity contribution in [3.8, 4) is 17.1 Å². The van der Waals surface area contributed by atoms with Crippen LogP contribution in [0.25, 0.3) is 17.1 Å². The average molecular weight is 333 g/mol. The van der Waals surface area contributed by atoms with Gasteiger partial charge in [0.25, 0.3) is 0 Å². The van der Waals surface area contributed by atoms with E-state index in [2.05, 4.69) is 58.1 Å². The molecule has 4 rings (SSSR count). The average Bonchev–Trinajstić information content (AvgIpc) is 2.83. The number of aromatic nitrogens is 4. The molecular weight excluding hydrogens is 310 g/mol. The van der Waals surface area contributed by atoms with E-state index < -0.39 is 0 Å². The molecule has 0 saturated heterocycles. The Balaban J connectivity index is 1.94. The Morgan fingerprint density at radius 2 is 2.00 bits per heavy atom. The molecule has 3 aromatic rings. The van der Waals surface area contributed by atoms with Crippen LogP contribution in [0, 0.1) is 0 Å². The number of nitrogens with one attached hydrogen (secondary N) is 1. The van der Waals surface area contributed by atoms with Crippen molar-refractivity contribution in [3.63, 3.8) is 0 Å². The third kappa shape index (κ3) is 2.90. The summed E-state index contributed by atoms with van der Waals surface area (Å²) in [4.78, 5) is 8.72. The summed E-state index contributed by atoms with van der Waals surface area (Å²) >= 11 is 0. The molecule has 0 saturated carbocycles. The van der Waals surface area contributed by atoms with Crippen molar-refractivity contribution >= 4 is 5.82 Å². The summed E-state index contributed by atoms with van der Waals surface area (Å²) in [5, 5.41) is 8.57. The van der Waals surface area contributed by atoms with Crippen LogP contribution in [0.1, 0.15) is 43.7 Å². The maximum Gasteiger partial charge on any atom is 0.133 e. The summed E-state index contributed by atoms with van der Waals surface area (Å²) in [7, 11) is 0. The first-order valence-corrected chi connectivity index (χ1v) is 8.97. The number of hydrogen-bond acceptors (Lipinski definition) is 4. The molecule has 0 bridgehead atoms. The third-order valence-corrected chi connectivity index (χ3v) is 4.72. The highest BCUT2D eigenvalue weighted by atomic mass is 15.3. The topological polar surface area (TPSA) is 55.6 Å². The monoisotopic (exact) mass is 333 g/mol. The van der Waals surface area contributed by atoms with Crippen LogP contribution in [-0.2, 0) is 6.42 Å². The minimum atomic E-state index is 0.432. The van der Waals surface area contributed by atoms with E-state index in [1.807, 2.05) is 0 Å². The van der Waals surface area contributed by atoms with Gasteiger partial charge in [-0.2, -0.15) is 5.10 Å². The molecule has 0 spiro atoms. The van der Waals surface area contributed by atoms with Crippen molar-refractivity contribution in [2.45, 2.75) is 39.0 Å². The first kappa shape index (κ1) is 15.8. The van der Waals surface area contributed by atoms with E-state index >= 15 is 0 Å². The third-order valence-electron chi connectivity index (χ3n) is 4.72. The molecule has 1 aliphatic rings. The molecule has 1 aliphatic heterocycles. The van der Waals surface area contributed by atoms with E-state index in [9.17, 15) is 0 Å². The van der Waals surface area contributed by atoms with Gasteiger partial charge in [0.15, 0.2) is 0 Å². The molecule has 5 heteroatoms. The predicted molar refractivity (Wildman–Crippen MR) is 100 cm³/mol. The first-order valence-electron chi connectivity index (χ1n) is 8.97. The summed E-state index contributed by atoms with van der Waals surface area (Å²) in [6, 6.07) is 8.51. The lowest BCUT2D eigenvalue weighted by Crippen LogP contribution is -2.09. The van der Waals surface area contributed by atoms with E-state index in [1.165, 1.54) is 17.5 Å². The van der Waals surface area contributed by atoms with Crippen molar-refractivity contribution < 1.29 is 0 Å². The van der Waals surface area contributed by atoms with Gasteiger partial charge in [0, 0.05) is 24.5 Å². The molecule has 3 heterocycles. The largest absolute Gasteiger partial charge is 0.370 e. The first-order chi connectivity index (χ1) is 12.3. The van der Waals surface area contributed by atoms with Gasteiger partial charge in [-0.3, -0.25) is 9.97 Å². The quantitative estimate of drug-likeness (QED) is 0.780. The SMILES string of the molecule is CC(C)c1ccccc1-n1nc(-c2cnccn2)c2c1NCCCC2. The highest BCUT2D eigenvalue weighted by Crippen LogP contribution is 2.34. The summed E-state index contributed by atoms with van der Waals surface area (Å²) in [6.45, 7) is 5.42. The van der Waals surface area contributed by atoms with E-state index in [0.717, 1.165) is 42.3 Å². The van der Waals surface area contributed by atoms with Gasteiger partial charge in [-0.05, 0) is 36.8 Å². The highest BCUT2D eigenvalue weighted by Gasteiger charge is 2.23. The van der Waals surface area contributed by atoms with Gasteiger partial charge in [0.05, 0.1) is 11.9 Å². The number of rotatable bonds is 3. The van der Waals surface area contributed by atoms with Crippen LogP contribution < -0.4 is 5.32 Å². The smallest absolute Gasteiger partial charge is 0.133 e. The van der Waals surface area contributed by atoms with Crippen molar-refractivity contribution in [3.05, 3.63) is 54.0 Å². The minimum absolute atomic E-state index is 0.432. The van der Waals surface area contributed by atoms with Crippen LogP contribution in [0.2, 0.25) is 0 Å². The zero-order valence-corrected chi connectivity index (χ0v) is 14.7. The van der Waals surface area contributed by atoms with Crippen LogP contribution >= 0.6 is 0 Å². The summed E-state index contributed by atoms with van der Waals surface area (Å²) in [5.41, 5.74) is 5.46. The molecular formula is C20H23N5. The summed E-state index contributed by atoms with van der Waals surface area (Å²) in [5.74, 6) is 1.54. The number of benzene rings is 1. The van der Waals surface area contributed by atoms with Crippen LogP contribution in [0.15, 0.2) is 42.9 Å². The Hall–Kier alpha value is -2.69. The standard InChI is InChI=1S/C20H23N5/c1-14(2)15-7-3-4-9-18(15)25-20-16(8-5-6-10-23-20)19(24-25)17-13-21-11-12-22-17/h3-4,7,9,11-14,23H,5-6,8,10H2,1-2H3. The molecule has 2 aromatic heterocycles.